The molecule has 6 aromatic rings. The van der Waals surface area contributed by atoms with Crippen molar-refractivity contribution in [2.45, 2.75) is 57.1 Å². The Labute approximate surface area is 430 Å². The van der Waals surface area contributed by atoms with Crippen LogP contribution in [-0.2, 0) is 34.0 Å². The predicted molar refractivity (Wildman–Crippen MR) is 263 cm³/mol. The molecule has 362 valence electrons. The molecular weight excluding hydrogens is 1050 g/mol. The number of rotatable bonds is 15. The van der Waals surface area contributed by atoms with E-state index in [0.29, 0.717) is 58.5 Å². The van der Waals surface area contributed by atoms with Gasteiger partial charge in [0.15, 0.2) is 11.4 Å². The number of benzene rings is 4. The minimum Gasteiger partial charge on any atom is -0.396 e. The van der Waals surface area contributed by atoms with Crippen LogP contribution in [0.1, 0.15) is 92.8 Å². The summed E-state index contributed by atoms with van der Waals surface area (Å²) in [4.78, 5) is 47.5. The fraction of sp³-hybridized carbons (Fsp3) is 0.294. The third-order valence-corrected chi connectivity index (χ3v) is 14.6. The van der Waals surface area contributed by atoms with Gasteiger partial charge in [-0.15, -0.1) is 0 Å². The van der Waals surface area contributed by atoms with Crippen LogP contribution in [0.2, 0.25) is 20.1 Å². The monoisotopic (exact) mass is 1090 g/mol. The number of nitrogens with zero attached hydrogens (tertiary/aromatic N) is 6. The first-order chi connectivity index (χ1) is 33.5. The molecule has 2 aliphatic carbocycles. The van der Waals surface area contributed by atoms with Crippen molar-refractivity contribution < 1.29 is 38.1 Å². The summed E-state index contributed by atoms with van der Waals surface area (Å²) in [5.74, 6) is -1.43. The van der Waals surface area contributed by atoms with Crippen LogP contribution in [-0.4, -0.2) is 78.2 Å². The molecule has 2 unspecified atom stereocenters. The number of ether oxygens (including phenoxy) is 2. The number of hydrogen-bond donors (Lipinski definition) is 2. The summed E-state index contributed by atoms with van der Waals surface area (Å²) >= 11 is 27.5. The van der Waals surface area contributed by atoms with Crippen molar-refractivity contribution >= 4 is 79.7 Å². The van der Waals surface area contributed by atoms with E-state index < -0.39 is 45.7 Å². The van der Waals surface area contributed by atoms with Gasteiger partial charge in [-0.1, -0.05) is 98.8 Å². The van der Waals surface area contributed by atoms with Crippen molar-refractivity contribution in [2.75, 3.05) is 26.4 Å². The number of carbonyl (C=O) groups is 2. The van der Waals surface area contributed by atoms with Gasteiger partial charge < -0.3 is 19.7 Å². The molecule has 0 bridgehead atoms. The molecule has 2 fully saturated rings. The van der Waals surface area contributed by atoms with Crippen LogP contribution < -0.4 is 0 Å². The molecule has 2 atom stereocenters. The molecule has 2 N–H and O–H groups in total. The summed E-state index contributed by atoms with van der Waals surface area (Å²) in [7, 11) is 0. The normalized spacial score (nSPS) is 20.2. The average molecular weight is 1100 g/mol. The number of carbonyl (C=O) groups excluding carboxylic acids is 2. The van der Waals surface area contributed by atoms with Crippen LogP contribution in [0.3, 0.4) is 0 Å². The molecule has 70 heavy (non-hydrogen) atoms. The van der Waals surface area contributed by atoms with Crippen LogP contribution >= 0.6 is 62.3 Å². The summed E-state index contributed by atoms with van der Waals surface area (Å²) in [5.41, 5.74) is -1.37. The van der Waals surface area contributed by atoms with E-state index >= 15 is 8.78 Å². The van der Waals surface area contributed by atoms with Gasteiger partial charge in [0, 0.05) is 61.3 Å². The highest BCUT2D eigenvalue weighted by atomic mass is 79.9. The van der Waals surface area contributed by atoms with Crippen LogP contribution in [0.15, 0.2) is 109 Å². The van der Waals surface area contributed by atoms with Gasteiger partial charge in [0.2, 0.25) is 0 Å². The first-order valence-electron chi connectivity index (χ1n) is 22.0. The maximum atomic E-state index is 16.0. The Hall–Kier alpha value is -4.94. The van der Waals surface area contributed by atoms with Crippen LogP contribution in [0.5, 0.6) is 0 Å². The summed E-state index contributed by atoms with van der Waals surface area (Å²) < 4.78 is 45.2. The van der Waals surface area contributed by atoms with Gasteiger partial charge in [0.1, 0.15) is 23.3 Å². The first kappa shape index (κ1) is 50.0. The Bertz CT molecular complexity index is 3010. The highest BCUT2D eigenvalue weighted by Crippen LogP contribution is 2.54. The number of amides is 2. The number of allylic oxidation sites excluding steroid dienone is 1. The molecule has 4 heterocycles. The van der Waals surface area contributed by atoms with E-state index in [4.69, 9.17) is 55.9 Å². The van der Waals surface area contributed by atoms with Crippen molar-refractivity contribution in [1.82, 2.24) is 29.7 Å². The van der Waals surface area contributed by atoms with E-state index in [0.717, 1.165) is 25.7 Å². The average Bonchev–Trinajstić information content (AvgIpc) is 4.28. The van der Waals surface area contributed by atoms with Gasteiger partial charge in [-0.2, -0.15) is 0 Å². The number of aliphatic hydroxyl groups is 2. The smallest absolute Gasteiger partial charge is 0.257 e. The van der Waals surface area contributed by atoms with Crippen molar-refractivity contribution in [1.29, 1.82) is 0 Å². The number of fused-ring (bicyclic) bond motifs is 2. The van der Waals surface area contributed by atoms with Crippen LogP contribution in [0.4, 0.5) is 8.78 Å². The summed E-state index contributed by atoms with van der Waals surface area (Å²) in [6.45, 7) is 5.66. The Kier molecular flexibility index (Phi) is 14.0. The van der Waals surface area contributed by atoms with Gasteiger partial charge in [-0.25, -0.2) is 28.7 Å². The Morgan fingerprint density at radius 1 is 0.643 bits per heavy atom. The van der Waals surface area contributed by atoms with E-state index in [2.05, 4.69) is 42.4 Å². The second-order valence-corrected chi connectivity index (χ2v) is 20.7. The highest BCUT2D eigenvalue weighted by Gasteiger charge is 2.58. The van der Waals surface area contributed by atoms with Gasteiger partial charge >= 0.3 is 0 Å². The van der Waals surface area contributed by atoms with Crippen molar-refractivity contribution in [3.63, 3.8) is 0 Å². The molecule has 2 amide bonds. The molecule has 4 aromatic carbocycles. The first-order valence-corrected chi connectivity index (χ1v) is 24.4. The van der Waals surface area contributed by atoms with E-state index in [1.807, 2.05) is 0 Å². The fourth-order valence-corrected chi connectivity index (χ4v) is 9.65. The zero-order chi connectivity index (χ0) is 49.8. The molecule has 0 radical (unpaired) electrons. The lowest BCUT2D eigenvalue weighted by molar-refractivity contribution is -0.131. The van der Waals surface area contributed by atoms with Gasteiger partial charge in [-0.3, -0.25) is 19.4 Å². The predicted octanol–water partition coefficient (Wildman–Crippen LogP) is 10.9. The molecule has 4 aliphatic rings. The quantitative estimate of drug-likeness (QED) is 0.102. The van der Waals surface area contributed by atoms with Crippen molar-refractivity contribution in [3.05, 3.63) is 191 Å². The topological polar surface area (TPSA) is 151 Å². The van der Waals surface area contributed by atoms with Gasteiger partial charge in [0.25, 0.3) is 11.8 Å². The molecule has 0 saturated heterocycles. The van der Waals surface area contributed by atoms with Gasteiger partial charge in [-0.05, 0) is 86.7 Å². The molecular formula is C51H43BrCl4F2N6O6. The molecule has 2 aliphatic heterocycles. The molecule has 2 saturated carbocycles. The standard InChI is InChI=1S/C27H24Cl2FN3O3.C24H19BrCl2FN3O3/c1-16(2)17-9-21-24(22(30)10-17)27(18-3-5-19(28)6-4-18,36-15-26(14-34)7-8-26)33(25(21)35)13-23-31-11-20(29)12-32-23;25-15-7-18-21(19(28)8-15)24(14-1-3-16(26)4-2-14,34-13-23(12-32)5-6-23)31(22(18)33)11-20-29-9-17(27)10-30-20/h3-6,9-12,34H,1,7-8,13-15H2,2H3;1-4,7-10,32H,5-6,11-13H2. The summed E-state index contributed by atoms with van der Waals surface area (Å²) in [5, 5.41) is 21.5. The Balaban J connectivity index is 0.000000174. The minimum absolute atomic E-state index is 0.0590. The van der Waals surface area contributed by atoms with E-state index in [1.54, 1.807) is 67.6 Å². The van der Waals surface area contributed by atoms with Crippen molar-refractivity contribution in [3.8, 4) is 0 Å². The van der Waals surface area contributed by atoms with Crippen LogP contribution in [0.25, 0.3) is 5.57 Å². The number of aromatic nitrogens is 4. The fourth-order valence-electron chi connectivity index (χ4n) is 8.77. The molecule has 2 aromatic heterocycles. The SMILES string of the molecule is C=C(C)c1cc(F)c2c(c1)C(=O)N(Cc1ncc(Cl)cn1)C2(OCC1(CO)CC1)c1ccc(Cl)cc1.O=C1c2cc(Br)cc(F)c2C(OCC2(CO)CC2)(c2ccc(Cl)cc2)N1Cc1ncc(Cl)cn1. The van der Waals surface area contributed by atoms with E-state index in [-0.39, 0.29) is 61.8 Å². The van der Waals surface area contributed by atoms with Crippen molar-refractivity contribution in [2.24, 2.45) is 10.8 Å². The largest absolute Gasteiger partial charge is 0.396 e. The highest BCUT2D eigenvalue weighted by molar-refractivity contribution is 9.10. The number of aliphatic hydroxyl groups excluding tert-OH is 2. The summed E-state index contributed by atoms with van der Waals surface area (Å²) in [6, 6.07) is 19.4. The lowest BCUT2D eigenvalue weighted by Gasteiger charge is -2.40. The third kappa shape index (κ3) is 9.36. The Morgan fingerprint density at radius 2 is 1.03 bits per heavy atom. The maximum Gasteiger partial charge on any atom is 0.257 e. The van der Waals surface area contributed by atoms with Crippen LogP contribution in [0, 0.1) is 22.5 Å². The zero-order valence-corrected chi connectivity index (χ0v) is 42.0. The minimum atomic E-state index is -1.64. The maximum absolute atomic E-state index is 16.0. The Morgan fingerprint density at radius 3 is 1.40 bits per heavy atom. The van der Waals surface area contributed by atoms with E-state index in [9.17, 15) is 19.8 Å². The third-order valence-electron chi connectivity index (χ3n) is 13.2. The summed E-state index contributed by atoms with van der Waals surface area (Å²) in [6.07, 6.45) is 8.86. The van der Waals surface area contributed by atoms with E-state index in [1.165, 1.54) is 46.7 Å². The number of hydrogen-bond acceptors (Lipinski definition) is 10. The lowest BCUT2D eigenvalue weighted by Crippen LogP contribution is -2.48. The second-order valence-electron chi connectivity index (χ2n) is 18.1. The second kappa shape index (κ2) is 19.6. The molecule has 10 rings (SSSR count). The molecule has 0 spiro atoms. The number of halogens is 7. The van der Waals surface area contributed by atoms with Gasteiger partial charge in [0.05, 0.1) is 71.8 Å². The lowest BCUT2D eigenvalue weighted by atomic mass is 9.90. The molecule has 12 nitrogen and oxygen atoms in total. The molecule has 19 heteroatoms. The zero-order valence-electron chi connectivity index (χ0n) is 37.4.